The van der Waals surface area contributed by atoms with Crippen LogP contribution >= 0.6 is 11.8 Å². The first-order valence-corrected chi connectivity index (χ1v) is 6.21. The van der Waals surface area contributed by atoms with Crippen molar-refractivity contribution in [3.63, 3.8) is 0 Å². The smallest absolute Gasteiger partial charge is 0.222 e. The molecule has 1 aromatic rings. The van der Waals surface area contributed by atoms with Gasteiger partial charge in [0.1, 0.15) is 5.75 Å². The summed E-state index contributed by atoms with van der Waals surface area (Å²) in [5.74, 6) is 1.31. The maximum atomic E-state index is 11.3. The van der Waals surface area contributed by atoms with Crippen LogP contribution < -0.4 is 0 Å². The average Bonchev–Trinajstić information content (AvgIpc) is 2.26. The summed E-state index contributed by atoms with van der Waals surface area (Å²) in [4.78, 5) is 13.8. The second kappa shape index (κ2) is 6.43. The lowest BCUT2D eigenvalue weighted by atomic mass is 10.3. The number of rotatable bonds is 5. The Morgan fingerprint density at radius 2 is 2.06 bits per heavy atom. The molecule has 0 aromatic heterocycles. The quantitative estimate of drug-likeness (QED) is 0.633. The molecule has 3 nitrogen and oxygen atoms in total. The summed E-state index contributed by atoms with van der Waals surface area (Å²) < 4.78 is 0. The number of amides is 1. The minimum Gasteiger partial charge on any atom is -0.507 e. The van der Waals surface area contributed by atoms with Gasteiger partial charge in [-0.25, -0.2) is 0 Å². The second-order valence-corrected chi connectivity index (χ2v) is 4.84. The van der Waals surface area contributed by atoms with E-state index in [1.54, 1.807) is 42.9 Å². The van der Waals surface area contributed by atoms with Gasteiger partial charge in [0.25, 0.3) is 0 Å². The first kappa shape index (κ1) is 12.9. The number of carbonyl (C=O) groups excluding carboxylic acids is 1. The molecule has 1 amide bonds. The van der Waals surface area contributed by atoms with E-state index in [2.05, 4.69) is 0 Å². The largest absolute Gasteiger partial charge is 0.507 e. The fourth-order valence-corrected chi connectivity index (χ4v) is 2.11. The summed E-state index contributed by atoms with van der Waals surface area (Å²) in [5.41, 5.74) is 0. The fourth-order valence-electron chi connectivity index (χ4n) is 1.21. The van der Waals surface area contributed by atoms with E-state index in [-0.39, 0.29) is 5.91 Å². The zero-order chi connectivity index (χ0) is 12.0. The highest BCUT2D eigenvalue weighted by molar-refractivity contribution is 7.99. The third-order valence-electron chi connectivity index (χ3n) is 2.16. The highest BCUT2D eigenvalue weighted by Gasteiger charge is 2.04. The highest BCUT2D eigenvalue weighted by Crippen LogP contribution is 2.28. The van der Waals surface area contributed by atoms with Gasteiger partial charge < -0.3 is 10.0 Å². The fraction of sp³-hybridized carbons (Fsp3) is 0.417. The third-order valence-corrected chi connectivity index (χ3v) is 3.31. The van der Waals surface area contributed by atoms with Crippen LogP contribution in [-0.4, -0.2) is 35.8 Å². The van der Waals surface area contributed by atoms with Crippen molar-refractivity contribution < 1.29 is 9.90 Å². The molecule has 0 aliphatic rings. The topological polar surface area (TPSA) is 40.5 Å². The molecule has 1 rings (SSSR count). The number of aromatic hydroxyl groups is 1. The van der Waals surface area contributed by atoms with Gasteiger partial charge in [0.15, 0.2) is 0 Å². The Kier molecular flexibility index (Phi) is 5.19. The Bertz CT molecular complexity index is 353. The maximum Gasteiger partial charge on any atom is 0.222 e. The first-order chi connectivity index (χ1) is 7.61. The highest BCUT2D eigenvalue weighted by atomic mass is 32.2. The number of phenolic OH excluding ortho intramolecular Hbond substituents is 1. The Balaban J connectivity index is 2.26. The minimum atomic E-state index is 0.151. The molecule has 0 bridgehead atoms. The van der Waals surface area contributed by atoms with Crippen LogP contribution in [0, 0.1) is 0 Å². The molecule has 0 aliphatic carbocycles. The predicted octanol–water partition coefficient (Wildman–Crippen LogP) is 2.35. The maximum absolute atomic E-state index is 11.3. The summed E-state index contributed by atoms with van der Waals surface area (Å²) in [6, 6.07) is 7.25. The number of phenols is 1. The van der Waals surface area contributed by atoms with Crippen LogP contribution in [0.3, 0.4) is 0 Å². The van der Waals surface area contributed by atoms with Crippen molar-refractivity contribution in [1.29, 1.82) is 0 Å². The Morgan fingerprint density at radius 1 is 1.38 bits per heavy atom. The van der Waals surface area contributed by atoms with E-state index in [0.29, 0.717) is 12.2 Å². The molecular formula is C12H17NO2S. The molecule has 0 heterocycles. The molecule has 0 fully saturated rings. The molecule has 0 atom stereocenters. The van der Waals surface area contributed by atoms with Crippen molar-refractivity contribution in [3.05, 3.63) is 24.3 Å². The summed E-state index contributed by atoms with van der Waals surface area (Å²) in [7, 11) is 3.52. The van der Waals surface area contributed by atoms with Crippen molar-refractivity contribution in [3.8, 4) is 5.75 Å². The minimum absolute atomic E-state index is 0.151. The van der Waals surface area contributed by atoms with Gasteiger partial charge >= 0.3 is 0 Å². The number of para-hydroxylation sites is 1. The molecule has 0 spiro atoms. The SMILES string of the molecule is CN(C)C(=O)CCCSc1ccccc1O. The summed E-state index contributed by atoms with van der Waals surface area (Å²) in [6.07, 6.45) is 1.39. The molecule has 16 heavy (non-hydrogen) atoms. The molecule has 0 saturated carbocycles. The van der Waals surface area contributed by atoms with Crippen molar-refractivity contribution in [1.82, 2.24) is 4.90 Å². The van der Waals surface area contributed by atoms with Crippen molar-refractivity contribution >= 4 is 17.7 Å². The molecule has 0 unspecified atom stereocenters. The van der Waals surface area contributed by atoms with E-state index >= 15 is 0 Å². The number of nitrogens with zero attached hydrogens (tertiary/aromatic N) is 1. The molecule has 1 aromatic carbocycles. The lowest BCUT2D eigenvalue weighted by Gasteiger charge is -2.09. The van der Waals surface area contributed by atoms with E-state index in [9.17, 15) is 9.90 Å². The van der Waals surface area contributed by atoms with Gasteiger partial charge in [0.05, 0.1) is 0 Å². The van der Waals surface area contributed by atoms with Gasteiger partial charge in [-0.3, -0.25) is 4.79 Å². The third kappa shape index (κ3) is 4.14. The Morgan fingerprint density at radius 3 is 2.69 bits per heavy atom. The summed E-state index contributed by atoms with van der Waals surface area (Å²) in [5, 5.41) is 9.51. The zero-order valence-electron chi connectivity index (χ0n) is 9.64. The molecule has 0 aliphatic heterocycles. The molecule has 0 saturated heterocycles. The lowest BCUT2D eigenvalue weighted by Crippen LogP contribution is -2.21. The van der Waals surface area contributed by atoms with Gasteiger partial charge in [-0.1, -0.05) is 12.1 Å². The van der Waals surface area contributed by atoms with Gasteiger partial charge in [-0.2, -0.15) is 0 Å². The molecule has 4 heteroatoms. The second-order valence-electron chi connectivity index (χ2n) is 3.71. The van der Waals surface area contributed by atoms with Crippen molar-refractivity contribution in [2.75, 3.05) is 19.8 Å². The van der Waals surface area contributed by atoms with Crippen molar-refractivity contribution in [2.45, 2.75) is 17.7 Å². The molecule has 1 N–H and O–H groups in total. The van der Waals surface area contributed by atoms with Gasteiger partial charge in [0, 0.05) is 25.4 Å². The van der Waals surface area contributed by atoms with E-state index in [1.807, 2.05) is 12.1 Å². The van der Waals surface area contributed by atoms with Crippen molar-refractivity contribution in [2.24, 2.45) is 0 Å². The average molecular weight is 239 g/mol. The van der Waals surface area contributed by atoms with Gasteiger partial charge in [-0.15, -0.1) is 11.8 Å². The van der Waals surface area contributed by atoms with Crippen LogP contribution in [0.25, 0.3) is 0 Å². The number of benzene rings is 1. The number of thioether (sulfide) groups is 1. The van der Waals surface area contributed by atoms with Gasteiger partial charge in [0.2, 0.25) is 5.91 Å². The zero-order valence-corrected chi connectivity index (χ0v) is 10.5. The van der Waals surface area contributed by atoms with Crippen LogP contribution in [-0.2, 0) is 4.79 Å². The normalized spacial score (nSPS) is 10.1. The van der Waals surface area contributed by atoms with Gasteiger partial charge in [-0.05, 0) is 24.3 Å². The van der Waals surface area contributed by atoms with E-state index in [0.717, 1.165) is 17.1 Å². The lowest BCUT2D eigenvalue weighted by molar-refractivity contribution is -0.128. The molecule has 0 radical (unpaired) electrons. The summed E-state index contributed by atoms with van der Waals surface area (Å²) in [6.45, 7) is 0. The van der Waals surface area contributed by atoms with E-state index < -0.39 is 0 Å². The van der Waals surface area contributed by atoms with Crippen LogP contribution in [0.5, 0.6) is 5.75 Å². The number of hydrogen-bond acceptors (Lipinski definition) is 3. The standard InChI is InChI=1S/C12H17NO2S/c1-13(2)12(15)8-5-9-16-11-7-4-3-6-10(11)14/h3-4,6-7,14H,5,8-9H2,1-2H3. The Hall–Kier alpha value is -1.16. The first-order valence-electron chi connectivity index (χ1n) is 5.22. The molecule has 88 valence electrons. The number of carbonyl (C=O) groups is 1. The summed E-state index contributed by atoms with van der Waals surface area (Å²) >= 11 is 1.58. The van der Waals surface area contributed by atoms with Crippen LogP contribution in [0.2, 0.25) is 0 Å². The number of hydrogen-bond donors (Lipinski definition) is 1. The molecular weight excluding hydrogens is 222 g/mol. The monoisotopic (exact) mass is 239 g/mol. The predicted molar refractivity (Wildman–Crippen MR) is 66.8 cm³/mol. The van der Waals surface area contributed by atoms with Crippen LogP contribution in [0.15, 0.2) is 29.2 Å². The van der Waals surface area contributed by atoms with Crippen LogP contribution in [0.4, 0.5) is 0 Å². The van der Waals surface area contributed by atoms with E-state index in [4.69, 9.17) is 0 Å². The van der Waals surface area contributed by atoms with E-state index in [1.165, 1.54) is 0 Å². The Labute approximate surface area is 100 Å². The van der Waals surface area contributed by atoms with Crippen LogP contribution in [0.1, 0.15) is 12.8 Å².